The summed E-state index contributed by atoms with van der Waals surface area (Å²) in [5.74, 6) is 0.913. The molecule has 1 N–H and O–H groups in total. The average Bonchev–Trinajstić information content (AvgIpc) is 2.86. The topological polar surface area (TPSA) is 54.0 Å². The largest absolute Gasteiger partial charge is 0.493 e. The van der Waals surface area contributed by atoms with Crippen molar-refractivity contribution in [3.63, 3.8) is 0 Å². The van der Waals surface area contributed by atoms with E-state index in [9.17, 15) is 4.79 Å². The molecule has 1 amide bonds. The first-order valence-corrected chi connectivity index (χ1v) is 11.3. The molecule has 1 heterocycles. The summed E-state index contributed by atoms with van der Waals surface area (Å²) in [6.45, 7) is 4.71. The van der Waals surface area contributed by atoms with Gasteiger partial charge < -0.3 is 19.7 Å². The molecule has 0 unspecified atom stereocenters. The molecule has 7 heteroatoms. The van der Waals surface area contributed by atoms with Crippen LogP contribution in [0.1, 0.15) is 15.9 Å². The molecule has 4 rings (SSSR count). The summed E-state index contributed by atoms with van der Waals surface area (Å²) in [6.07, 6.45) is 0. The first kappa shape index (κ1) is 23.0. The summed E-state index contributed by atoms with van der Waals surface area (Å²) >= 11 is 6.31. The van der Waals surface area contributed by atoms with Crippen molar-refractivity contribution in [2.75, 3.05) is 50.6 Å². The number of halogens is 1. The van der Waals surface area contributed by atoms with E-state index in [0.717, 1.165) is 49.1 Å². The number of benzene rings is 3. The van der Waals surface area contributed by atoms with Crippen molar-refractivity contribution in [2.24, 2.45) is 0 Å². The van der Waals surface area contributed by atoms with Gasteiger partial charge in [0, 0.05) is 54.7 Å². The zero-order valence-electron chi connectivity index (χ0n) is 18.9. The predicted molar refractivity (Wildman–Crippen MR) is 133 cm³/mol. The standard InChI is InChI=1S/C26H28ClN3O3/c1-32-24-12-7-19(17-25(24)33-2)26(31)28-21-8-10-22(11-9-21)30-15-13-29(14-16-30)18-20-5-3-4-6-23(20)27/h3-12,17H,13-16,18H2,1-2H3,(H,28,31). The molecule has 0 saturated carbocycles. The lowest BCUT2D eigenvalue weighted by molar-refractivity contribution is 0.102. The lowest BCUT2D eigenvalue weighted by Crippen LogP contribution is -2.46. The number of methoxy groups -OCH3 is 2. The van der Waals surface area contributed by atoms with E-state index in [0.29, 0.717) is 17.1 Å². The van der Waals surface area contributed by atoms with Crippen LogP contribution < -0.4 is 19.7 Å². The van der Waals surface area contributed by atoms with Crippen LogP contribution in [0.2, 0.25) is 5.02 Å². The zero-order valence-corrected chi connectivity index (χ0v) is 19.6. The lowest BCUT2D eigenvalue weighted by Gasteiger charge is -2.36. The van der Waals surface area contributed by atoms with Gasteiger partial charge in [0.15, 0.2) is 11.5 Å². The second-order valence-electron chi connectivity index (χ2n) is 7.93. The molecule has 0 radical (unpaired) electrons. The molecule has 3 aromatic rings. The quantitative estimate of drug-likeness (QED) is 0.536. The normalized spacial score (nSPS) is 14.1. The molecule has 0 spiro atoms. The minimum Gasteiger partial charge on any atom is -0.493 e. The maximum atomic E-state index is 12.6. The highest BCUT2D eigenvalue weighted by Gasteiger charge is 2.18. The van der Waals surface area contributed by atoms with Gasteiger partial charge >= 0.3 is 0 Å². The Bertz CT molecular complexity index is 1100. The Hall–Kier alpha value is -3.22. The fourth-order valence-electron chi connectivity index (χ4n) is 3.97. The third-order valence-electron chi connectivity index (χ3n) is 5.86. The maximum Gasteiger partial charge on any atom is 0.255 e. The molecule has 1 fully saturated rings. The van der Waals surface area contributed by atoms with E-state index in [4.69, 9.17) is 21.1 Å². The molecular weight excluding hydrogens is 438 g/mol. The Labute approximate surface area is 199 Å². The number of nitrogens with zero attached hydrogens (tertiary/aromatic N) is 2. The molecule has 1 aliphatic rings. The Morgan fingerprint density at radius 1 is 0.909 bits per heavy atom. The lowest BCUT2D eigenvalue weighted by atomic mass is 10.1. The van der Waals surface area contributed by atoms with Gasteiger partial charge in [0.2, 0.25) is 0 Å². The van der Waals surface area contributed by atoms with E-state index in [1.807, 2.05) is 42.5 Å². The van der Waals surface area contributed by atoms with Crippen LogP contribution in [-0.2, 0) is 6.54 Å². The van der Waals surface area contributed by atoms with Gasteiger partial charge in [-0.15, -0.1) is 0 Å². The van der Waals surface area contributed by atoms with Crippen LogP contribution in [0.4, 0.5) is 11.4 Å². The summed E-state index contributed by atoms with van der Waals surface area (Å²) in [4.78, 5) is 17.4. The molecule has 172 valence electrons. The molecule has 6 nitrogen and oxygen atoms in total. The van der Waals surface area contributed by atoms with E-state index in [1.165, 1.54) is 5.56 Å². The van der Waals surface area contributed by atoms with Crippen LogP contribution in [0, 0.1) is 0 Å². The number of carbonyl (C=O) groups is 1. The van der Waals surface area contributed by atoms with E-state index in [-0.39, 0.29) is 5.91 Å². The summed E-state index contributed by atoms with van der Waals surface area (Å²) in [5, 5.41) is 3.77. The van der Waals surface area contributed by atoms with Crippen LogP contribution in [0.3, 0.4) is 0 Å². The highest BCUT2D eigenvalue weighted by Crippen LogP contribution is 2.28. The first-order valence-electron chi connectivity index (χ1n) is 10.9. The highest BCUT2D eigenvalue weighted by atomic mass is 35.5. The Kier molecular flexibility index (Phi) is 7.37. The molecule has 0 aromatic heterocycles. The average molecular weight is 466 g/mol. The third kappa shape index (κ3) is 5.59. The van der Waals surface area contributed by atoms with E-state index in [2.05, 4.69) is 21.2 Å². The fourth-order valence-corrected chi connectivity index (χ4v) is 4.16. The van der Waals surface area contributed by atoms with Crippen molar-refractivity contribution in [2.45, 2.75) is 6.54 Å². The van der Waals surface area contributed by atoms with Gasteiger partial charge in [-0.3, -0.25) is 9.69 Å². The van der Waals surface area contributed by atoms with Crippen molar-refractivity contribution < 1.29 is 14.3 Å². The minimum absolute atomic E-state index is 0.197. The number of amides is 1. The van der Waals surface area contributed by atoms with E-state index < -0.39 is 0 Å². The van der Waals surface area contributed by atoms with Crippen LogP contribution in [0.5, 0.6) is 11.5 Å². The van der Waals surface area contributed by atoms with Gasteiger partial charge in [0.05, 0.1) is 14.2 Å². The van der Waals surface area contributed by atoms with Gasteiger partial charge in [-0.25, -0.2) is 0 Å². The molecule has 1 saturated heterocycles. The molecule has 3 aromatic carbocycles. The number of nitrogens with one attached hydrogen (secondary N) is 1. The van der Waals surface area contributed by atoms with Crippen molar-refractivity contribution in [3.05, 3.63) is 82.9 Å². The molecule has 0 aliphatic carbocycles. The Balaban J connectivity index is 1.32. The van der Waals surface area contributed by atoms with Crippen molar-refractivity contribution in [3.8, 4) is 11.5 Å². The molecule has 33 heavy (non-hydrogen) atoms. The summed E-state index contributed by atoms with van der Waals surface area (Å²) < 4.78 is 10.5. The van der Waals surface area contributed by atoms with Crippen molar-refractivity contribution in [1.29, 1.82) is 0 Å². The van der Waals surface area contributed by atoms with Crippen LogP contribution >= 0.6 is 11.6 Å². The van der Waals surface area contributed by atoms with E-state index >= 15 is 0 Å². The van der Waals surface area contributed by atoms with Crippen molar-refractivity contribution >= 4 is 28.9 Å². The monoisotopic (exact) mass is 465 g/mol. The second kappa shape index (κ2) is 10.6. The molecular formula is C26H28ClN3O3. The maximum absolute atomic E-state index is 12.6. The summed E-state index contributed by atoms with van der Waals surface area (Å²) in [6, 6.07) is 21.1. The second-order valence-corrected chi connectivity index (χ2v) is 8.33. The smallest absolute Gasteiger partial charge is 0.255 e. The number of anilines is 2. The number of hydrogen-bond acceptors (Lipinski definition) is 5. The number of ether oxygens (including phenoxy) is 2. The van der Waals surface area contributed by atoms with Gasteiger partial charge in [0.25, 0.3) is 5.91 Å². The van der Waals surface area contributed by atoms with Crippen molar-refractivity contribution in [1.82, 2.24) is 4.90 Å². The molecule has 0 atom stereocenters. The highest BCUT2D eigenvalue weighted by molar-refractivity contribution is 6.31. The van der Waals surface area contributed by atoms with Gasteiger partial charge in [0.1, 0.15) is 0 Å². The third-order valence-corrected chi connectivity index (χ3v) is 6.23. The zero-order chi connectivity index (χ0) is 23.2. The number of carbonyl (C=O) groups excluding carboxylic acids is 1. The SMILES string of the molecule is COc1ccc(C(=O)Nc2ccc(N3CCN(Cc4ccccc4Cl)CC3)cc2)cc1OC. The summed E-state index contributed by atoms with van der Waals surface area (Å²) in [7, 11) is 3.12. The van der Waals surface area contributed by atoms with Gasteiger partial charge in [-0.2, -0.15) is 0 Å². The first-order chi connectivity index (χ1) is 16.1. The molecule has 0 bridgehead atoms. The number of rotatable bonds is 7. The van der Waals surface area contributed by atoms with Gasteiger partial charge in [-0.05, 0) is 54.1 Å². The Morgan fingerprint density at radius 3 is 2.27 bits per heavy atom. The van der Waals surface area contributed by atoms with Crippen LogP contribution in [0.15, 0.2) is 66.7 Å². The number of hydrogen-bond donors (Lipinski definition) is 1. The van der Waals surface area contributed by atoms with Gasteiger partial charge in [-0.1, -0.05) is 29.8 Å². The molecule has 1 aliphatic heterocycles. The Morgan fingerprint density at radius 2 is 1.61 bits per heavy atom. The van der Waals surface area contributed by atoms with Crippen LogP contribution in [-0.4, -0.2) is 51.2 Å². The van der Waals surface area contributed by atoms with E-state index in [1.54, 1.807) is 32.4 Å². The minimum atomic E-state index is -0.197. The predicted octanol–water partition coefficient (Wildman–Crippen LogP) is 4.93. The fraction of sp³-hybridized carbons (Fsp3) is 0.269. The summed E-state index contributed by atoms with van der Waals surface area (Å²) in [5.41, 5.74) is 3.57. The number of piperazine rings is 1. The van der Waals surface area contributed by atoms with Crippen LogP contribution in [0.25, 0.3) is 0 Å².